The van der Waals surface area contributed by atoms with Gasteiger partial charge < -0.3 is 4.74 Å². The fourth-order valence-corrected chi connectivity index (χ4v) is 4.88. The van der Waals surface area contributed by atoms with Crippen LogP contribution in [0.5, 0.6) is 5.75 Å². The number of halogens is 3. The van der Waals surface area contributed by atoms with Crippen LogP contribution in [-0.4, -0.2) is 31.7 Å². The monoisotopic (exact) mass is 499 g/mol. The van der Waals surface area contributed by atoms with Crippen molar-refractivity contribution in [2.45, 2.75) is 37.6 Å². The van der Waals surface area contributed by atoms with E-state index in [0.29, 0.717) is 11.6 Å². The number of carbonyl (C=O) groups is 1. The molecule has 2 aromatic carbocycles. The molecule has 3 rings (SSSR count). The lowest BCUT2D eigenvalue weighted by Gasteiger charge is -2.10. The lowest BCUT2D eigenvalue weighted by atomic mass is 10.1. The van der Waals surface area contributed by atoms with Crippen LogP contribution < -0.4 is 14.8 Å². The summed E-state index contributed by atoms with van der Waals surface area (Å²) in [4.78, 5) is 17.4. The number of nitrogens with one attached hydrogen (secondary N) is 2. The van der Waals surface area contributed by atoms with Gasteiger partial charge in [0.1, 0.15) is 5.75 Å². The summed E-state index contributed by atoms with van der Waals surface area (Å²) in [7, 11) is -3.65. The number of anilines is 1. The van der Waals surface area contributed by atoms with Crippen molar-refractivity contribution in [1.29, 1.82) is 0 Å². The molecule has 0 saturated carbocycles. The SMILES string of the molecule is CC(C)NS(=O)(=O)c1ccc(C(=O)Nc2ncc(Cc3ccc(OC(F)(F)F)cc3)s2)cc1. The molecule has 1 aromatic heterocycles. The smallest absolute Gasteiger partial charge is 0.406 e. The van der Waals surface area contributed by atoms with E-state index in [1.54, 1.807) is 20.0 Å². The van der Waals surface area contributed by atoms with Gasteiger partial charge in [-0.25, -0.2) is 18.1 Å². The molecular weight excluding hydrogens is 479 g/mol. The van der Waals surface area contributed by atoms with Gasteiger partial charge in [-0.15, -0.1) is 24.5 Å². The Morgan fingerprint density at radius 2 is 1.73 bits per heavy atom. The van der Waals surface area contributed by atoms with E-state index in [2.05, 4.69) is 19.8 Å². The molecule has 3 aromatic rings. The zero-order valence-electron chi connectivity index (χ0n) is 17.5. The summed E-state index contributed by atoms with van der Waals surface area (Å²) in [6.07, 6.45) is -2.77. The third kappa shape index (κ3) is 7.27. The highest BCUT2D eigenvalue weighted by Gasteiger charge is 2.30. The summed E-state index contributed by atoms with van der Waals surface area (Å²) in [6.45, 7) is 3.41. The number of nitrogens with zero attached hydrogens (tertiary/aromatic N) is 1. The van der Waals surface area contributed by atoms with Crippen molar-refractivity contribution in [2.75, 3.05) is 5.32 Å². The van der Waals surface area contributed by atoms with Crippen molar-refractivity contribution in [3.63, 3.8) is 0 Å². The molecular formula is C21H20F3N3O4S2. The Labute approximate surface area is 192 Å². The summed E-state index contributed by atoms with van der Waals surface area (Å²) in [6, 6.07) is 10.7. The average molecular weight is 500 g/mol. The molecule has 176 valence electrons. The summed E-state index contributed by atoms with van der Waals surface area (Å²) >= 11 is 1.22. The van der Waals surface area contributed by atoms with Gasteiger partial charge in [-0.2, -0.15) is 0 Å². The molecule has 0 radical (unpaired) electrons. The summed E-state index contributed by atoms with van der Waals surface area (Å²) in [5.74, 6) is -0.757. The first-order valence-electron chi connectivity index (χ1n) is 9.64. The number of alkyl halides is 3. The fraction of sp³-hybridized carbons (Fsp3) is 0.238. The molecule has 7 nitrogen and oxygen atoms in total. The molecule has 1 heterocycles. The van der Waals surface area contributed by atoms with Gasteiger partial charge in [-0.05, 0) is 55.8 Å². The Bertz CT molecular complexity index is 1210. The van der Waals surface area contributed by atoms with Crippen LogP contribution in [0.3, 0.4) is 0 Å². The van der Waals surface area contributed by atoms with Crippen LogP contribution in [-0.2, 0) is 16.4 Å². The van der Waals surface area contributed by atoms with Gasteiger partial charge >= 0.3 is 6.36 Å². The molecule has 0 aliphatic heterocycles. The van der Waals surface area contributed by atoms with Crippen LogP contribution >= 0.6 is 11.3 Å². The van der Waals surface area contributed by atoms with E-state index in [1.165, 1.54) is 59.9 Å². The Morgan fingerprint density at radius 3 is 2.30 bits per heavy atom. The van der Waals surface area contributed by atoms with Gasteiger partial charge in [-0.1, -0.05) is 12.1 Å². The number of ether oxygens (including phenoxy) is 1. The van der Waals surface area contributed by atoms with Crippen molar-refractivity contribution in [1.82, 2.24) is 9.71 Å². The van der Waals surface area contributed by atoms with Gasteiger partial charge in [0.2, 0.25) is 10.0 Å². The van der Waals surface area contributed by atoms with Gasteiger partial charge in [0.15, 0.2) is 5.13 Å². The second-order valence-corrected chi connectivity index (χ2v) is 10.1. The van der Waals surface area contributed by atoms with E-state index in [4.69, 9.17) is 0 Å². The highest BCUT2D eigenvalue weighted by atomic mass is 32.2. The summed E-state index contributed by atoms with van der Waals surface area (Å²) in [5.41, 5.74) is 1.01. The summed E-state index contributed by atoms with van der Waals surface area (Å²) < 4.78 is 67.4. The highest BCUT2D eigenvalue weighted by Crippen LogP contribution is 2.25. The molecule has 0 saturated heterocycles. The van der Waals surface area contributed by atoms with Crippen LogP contribution in [0.1, 0.15) is 34.6 Å². The molecule has 0 aliphatic carbocycles. The quantitative estimate of drug-likeness (QED) is 0.473. The first kappa shape index (κ1) is 24.7. The number of aromatic nitrogens is 1. The van der Waals surface area contributed by atoms with E-state index < -0.39 is 22.3 Å². The molecule has 0 atom stereocenters. The Morgan fingerprint density at radius 1 is 1.09 bits per heavy atom. The second-order valence-electron chi connectivity index (χ2n) is 7.25. The third-order valence-corrected chi connectivity index (χ3v) is 6.71. The maximum atomic E-state index is 12.5. The maximum Gasteiger partial charge on any atom is 0.573 e. The first-order valence-corrected chi connectivity index (χ1v) is 11.9. The number of rotatable bonds is 8. The predicted octanol–water partition coefficient (Wildman–Crippen LogP) is 4.57. The number of thiazole rings is 1. The van der Waals surface area contributed by atoms with Crippen molar-refractivity contribution < 1.29 is 31.1 Å². The number of benzene rings is 2. The largest absolute Gasteiger partial charge is 0.573 e. The van der Waals surface area contributed by atoms with Crippen molar-refractivity contribution in [2.24, 2.45) is 0 Å². The number of carbonyl (C=O) groups excluding carboxylic acids is 1. The van der Waals surface area contributed by atoms with E-state index in [-0.39, 0.29) is 22.3 Å². The van der Waals surface area contributed by atoms with Crippen LogP contribution in [0.25, 0.3) is 0 Å². The van der Waals surface area contributed by atoms with Crippen LogP contribution in [0.2, 0.25) is 0 Å². The lowest BCUT2D eigenvalue weighted by Crippen LogP contribution is -2.30. The van der Waals surface area contributed by atoms with Gasteiger partial charge in [-0.3, -0.25) is 10.1 Å². The molecule has 1 amide bonds. The van der Waals surface area contributed by atoms with Gasteiger partial charge in [0.25, 0.3) is 5.91 Å². The molecule has 0 unspecified atom stereocenters. The molecule has 0 fully saturated rings. The zero-order chi connectivity index (χ0) is 24.2. The Balaban J connectivity index is 1.60. The van der Waals surface area contributed by atoms with Crippen molar-refractivity contribution >= 4 is 32.4 Å². The molecule has 0 spiro atoms. The third-order valence-electron chi connectivity index (χ3n) is 4.13. The highest BCUT2D eigenvalue weighted by molar-refractivity contribution is 7.89. The number of hydrogen-bond donors (Lipinski definition) is 2. The predicted molar refractivity (Wildman–Crippen MR) is 118 cm³/mol. The number of hydrogen-bond acceptors (Lipinski definition) is 6. The number of sulfonamides is 1. The molecule has 33 heavy (non-hydrogen) atoms. The summed E-state index contributed by atoms with van der Waals surface area (Å²) in [5, 5.41) is 2.99. The maximum absolute atomic E-state index is 12.5. The van der Waals surface area contributed by atoms with E-state index in [0.717, 1.165) is 10.4 Å². The minimum absolute atomic E-state index is 0.0518. The second kappa shape index (κ2) is 9.89. The van der Waals surface area contributed by atoms with Crippen LogP contribution in [0.4, 0.5) is 18.3 Å². The average Bonchev–Trinajstić information content (AvgIpc) is 3.14. The molecule has 0 bridgehead atoms. The van der Waals surface area contributed by atoms with E-state index >= 15 is 0 Å². The molecule has 0 aliphatic rings. The first-order chi connectivity index (χ1) is 15.4. The molecule has 2 N–H and O–H groups in total. The van der Waals surface area contributed by atoms with Crippen LogP contribution in [0, 0.1) is 0 Å². The van der Waals surface area contributed by atoms with Gasteiger partial charge in [0, 0.05) is 29.1 Å². The van der Waals surface area contributed by atoms with E-state index in [9.17, 15) is 26.4 Å². The van der Waals surface area contributed by atoms with Gasteiger partial charge in [0.05, 0.1) is 4.90 Å². The topological polar surface area (TPSA) is 97.4 Å². The number of amides is 1. The van der Waals surface area contributed by atoms with Crippen molar-refractivity contribution in [3.05, 3.63) is 70.7 Å². The zero-order valence-corrected chi connectivity index (χ0v) is 19.1. The fourth-order valence-electron chi connectivity index (χ4n) is 2.79. The molecule has 12 heteroatoms. The van der Waals surface area contributed by atoms with Crippen LogP contribution in [0.15, 0.2) is 59.6 Å². The van der Waals surface area contributed by atoms with Crippen molar-refractivity contribution in [3.8, 4) is 5.75 Å². The minimum Gasteiger partial charge on any atom is -0.406 e. The Kier molecular flexibility index (Phi) is 7.40. The minimum atomic E-state index is -4.74. The lowest BCUT2D eigenvalue weighted by molar-refractivity contribution is -0.274. The standard InChI is InChI=1S/C21H20F3N3O4S2/c1-13(2)27-33(29,30)18-9-5-15(6-10-18)19(28)26-20-25-12-17(32-20)11-14-3-7-16(8-4-14)31-21(22,23)24/h3-10,12-13,27H,11H2,1-2H3,(H,25,26,28). The normalized spacial score (nSPS) is 12.1. The van der Waals surface area contributed by atoms with E-state index in [1.807, 2.05) is 0 Å². The Hall–Kier alpha value is -2.96.